The first kappa shape index (κ1) is 13.2. The van der Waals surface area contributed by atoms with E-state index in [4.69, 9.17) is 4.52 Å². The maximum absolute atomic E-state index is 5.38. The van der Waals surface area contributed by atoms with Crippen LogP contribution in [0, 0.1) is 6.92 Å². The Morgan fingerprint density at radius 2 is 2.15 bits per heavy atom. The fourth-order valence-electron chi connectivity index (χ4n) is 2.44. The summed E-state index contributed by atoms with van der Waals surface area (Å²) in [4.78, 5) is 11.2. The lowest BCUT2D eigenvalue weighted by molar-refractivity contribution is 0.176. The Balaban J connectivity index is 1.81. The van der Waals surface area contributed by atoms with Crippen molar-refractivity contribution < 1.29 is 4.52 Å². The maximum atomic E-state index is 5.38. The van der Waals surface area contributed by atoms with Gasteiger partial charge in [0.25, 0.3) is 5.89 Å². The molecule has 0 amide bonds. The Bertz CT molecular complexity index is 576. The van der Waals surface area contributed by atoms with Crippen molar-refractivity contribution in [3.8, 4) is 11.6 Å². The highest BCUT2D eigenvalue weighted by molar-refractivity contribution is 5.51. The smallest absolute Gasteiger partial charge is 0.276 e. The van der Waals surface area contributed by atoms with Gasteiger partial charge in [-0.1, -0.05) is 11.2 Å². The van der Waals surface area contributed by atoms with Crippen molar-refractivity contribution in [2.75, 3.05) is 26.2 Å². The highest BCUT2D eigenvalue weighted by Gasteiger charge is 2.23. The number of nitrogens with one attached hydrogen (secondary N) is 1. The lowest BCUT2D eigenvalue weighted by atomic mass is 10.2. The number of rotatable bonds is 3. The monoisotopic (exact) mass is 273 g/mol. The highest BCUT2D eigenvalue weighted by Crippen LogP contribution is 2.23. The number of hydrogen-bond donors (Lipinski definition) is 1. The van der Waals surface area contributed by atoms with Crippen LogP contribution >= 0.6 is 0 Å². The molecule has 6 heteroatoms. The lowest BCUT2D eigenvalue weighted by Gasteiger charge is -2.30. The van der Waals surface area contributed by atoms with E-state index in [1.165, 1.54) is 0 Å². The summed E-state index contributed by atoms with van der Waals surface area (Å²) < 4.78 is 5.38. The molecule has 1 atom stereocenters. The topological polar surface area (TPSA) is 67.1 Å². The highest BCUT2D eigenvalue weighted by atomic mass is 16.5. The molecule has 3 rings (SSSR count). The van der Waals surface area contributed by atoms with E-state index < -0.39 is 0 Å². The van der Waals surface area contributed by atoms with Gasteiger partial charge in [-0.15, -0.1) is 0 Å². The van der Waals surface area contributed by atoms with Gasteiger partial charge in [0.1, 0.15) is 5.69 Å². The summed E-state index contributed by atoms with van der Waals surface area (Å²) in [5, 5.41) is 7.46. The predicted octanol–water partition coefficient (Wildman–Crippen LogP) is 1.41. The largest absolute Gasteiger partial charge is 0.332 e. The van der Waals surface area contributed by atoms with E-state index in [1.54, 1.807) is 6.20 Å². The molecular formula is C14H19N5O. The van der Waals surface area contributed by atoms with Gasteiger partial charge in [0.2, 0.25) is 0 Å². The lowest BCUT2D eigenvalue weighted by Crippen LogP contribution is -2.44. The van der Waals surface area contributed by atoms with Crippen LogP contribution in [0.15, 0.2) is 22.9 Å². The molecule has 6 nitrogen and oxygen atoms in total. The molecule has 0 radical (unpaired) electrons. The second kappa shape index (κ2) is 5.68. The molecule has 1 saturated heterocycles. The molecule has 0 saturated carbocycles. The molecule has 1 aliphatic rings. The first-order valence-electron chi connectivity index (χ1n) is 6.96. The molecule has 0 aliphatic carbocycles. The maximum Gasteiger partial charge on any atom is 0.276 e. The molecule has 0 bridgehead atoms. The van der Waals surface area contributed by atoms with Crippen molar-refractivity contribution >= 4 is 0 Å². The fraction of sp³-hybridized carbons (Fsp3) is 0.500. The fourth-order valence-corrected chi connectivity index (χ4v) is 2.44. The van der Waals surface area contributed by atoms with Crippen LogP contribution in [0.4, 0.5) is 0 Å². The zero-order valence-electron chi connectivity index (χ0n) is 11.8. The van der Waals surface area contributed by atoms with E-state index in [0.717, 1.165) is 43.3 Å². The summed E-state index contributed by atoms with van der Waals surface area (Å²) in [5.41, 5.74) is 1.80. The van der Waals surface area contributed by atoms with Crippen LogP contribution in [0.5, 0.6) is 0 Å². The molecule has 1 N–H and O–H groups in total. The molecule has 0 spiro atoms. The Morgan fingerprint density at radius 3 is 2.90 bits per heavy atom. The van der Waals surface area contributed by atoms with E-state index in [1.807, 2.05) is 19.1 Å². The Morgan fingerprint density at radius 1 is 1.35 bits per heavy atom. The van der Waals surface area contributed by atoms with Crippen molar-refractivity contribution in [1.82, 2.24) is 25.3 Å². The molecule has 106 valence electrons. The van der Waals surface area contributed by atoms with Crippen molar-refractivity contribution in [2.45, 2.75) is 19.9 Å². The zero-order chi connectivity index (χ0) is 13.9. The zero-order valence-corrected chi connectivity index (χ0v) is 11.8. The number of aryl methyl sites for hydroxylation is 1. The summed E-state index contributed by atoms with van der Waals surface area (Å²) in [5.74, 6) is 1.23. The number of aromatic nitrogens is 3. The minimum absolute atomic E-state index is 0.165. The van der Waals surface area contributed by atoms with Crippen molar-refractivity contribution in [3.05, 3.63) is 29.7 Å². The second-order valence-electron chi connectivity index (χ2n) is 5.09. The van der Waals surface area contributed by atoms with Crippen LogP contribution in [0.25, 0.3) is 11.6 Å². The number of hydrogen-bond acceptors (Lipinski definition) is 6. The average molecular weight is 273 g/mol. The summed E-state index contributed by atoms with van der Waals surface area (Å²) in [6.07, 6.45) is 1.74. The van der Waals surface area contributed by atoms with Gasteiger partial charge in [0, 0.05) is 32.4 Å². The predicted molar refractivity (Wildman–Crippen MR) is 75.1 cm³/mol. The molecule has 3 heterocycles. The molecular weight excluding hydrogens is 254 g/mol. The van der Waals surface area contributed by atoms with Gasteiger partial charge in [-0.3, -0.25) is 9.88 Å². The van der Waals surface area contributed by atoms with E-state index in [-0.39, 0.29) is 6.04 Å². The molecule has 1 fully saturated rings. The Kier molecular flexibility index (Phi) is 3.75. The average Bonchev–Trinajstić information content (AvgIpc) is 2.97. The summed E-state index contributed by atoms with van der Waals surface area (Å²) in [7, 11) is 0. The van der Waals surface area contributed by atoms with Gasteiger partial charge in [0.15, 0.2) is 5.82 Å². The molecule has 2 aromatic heterocycles. The Labute approximate surface area is 118 Å². The van der Waals surface area contributed by atoms with Gasteiger partial charge in [-0.05, 0) is 25.5 Å². The third kappa shape index (κ3) is 2.57. The van der Waals surface area contributed by atoms with Gasteiger partial charge < -0.3 is 9.84 Å². The normalized spacial score (nSPS) is 18.1. The summed E-state index contributed by atoms with van der Waals surface area (Å²) >= 11 is 0. The van der Waals surface area contributed by atoms with Crippen molar-refractivity contribution in [1.29, 1.82) is 0 Å². The van der Waals surface area contributed by atoms with Gasteiger partial charge in [0.05, 0.1) is 6.04 Å². The van der Waals surface area contributed by atoms with Gasteiger partial charge in [-0.25, -0.2) is 0 Å². The minimum atomic E-state index is 0.165. The van der Waals surface area contributed by atoms with Crippen LogP contribution in [0.1, 0.15) is 24.4 Å². The molecule has 2 aromatic rings. The van der Waals surface area contributed by atoms with Crippen LogP contribution in [-0.4, -0.2) is 46.2 Å². The molecule has 1 unspecified atom stereocenters. The second-order valence-corrected chi connectivity index (χ2v) is 5.09. The minimum Gasteiger partial charge on any atom is -0.332 e. The standard InChI is InChI=1S/C14H19N5O/c1-10-4-3-5-16-12(10)14-17-13(18-20-14)11(2)19-8-6-15-7-9-19/h3-5,11,15H,6-9H2,1-2H3. The van der Waals surface area contributed by atoms with Crippen LogP contribution in [0.2, 0.25) is 0 Å². The Hall–Kier alpha value is -1.79. The number of piperazine rings is 1. The van der Waals surface area contributed by atoms with Crippen LogP contribution < -0.4 is 5.32 Å². The third-order valence-corrected chi connectivity index (χ3v) is 3.73. The van der Waals surface area contributed by atoms with E-state index in [9.17, 15) is 0 Å². The van der Waals surface area contributed by atoms with Gasteiger partial charge >= 0.3 is 0 Å². The number of nitrogens with zero attached hydrogens (tertiary/aromatic N) is 4. The summed E-state index contributed by atoms with van der Waals surface area (Å²) in [6, 6.07) is 4.06. The number of pyridine rings is 1. The van der Waals surface area contributed by atoms with Crippen LogP contribution in [0.3, 0.4) is 0 Å². The molecule has 0 aromatic carbocycles. The van der Waals surface area contributed by atoms with E-state index in [2.05, 4.69) is 32.3 Å². The van der Waals surface area contributed by atoms with Gasteiger partial charge in [-0.2, -0.15) is 4.98 Å². The van der Waals surface area contributed by atoms with E-state index >= 15 is 0 Å². The van der Waals surface area contributed by atoms with Crippen molar-refractivity contribution in [3.63, 3.8) is 0 Å². The van der Waals surface area contributed by atoms with Crippen LogP contribution in [-0.2, 0) is 0 Å². The van der Waals surface area contributed by atoms with E-state index in [0.29, 0.717) is 5.89 Å². The first-order chi connectivity index (χ1) is 9.75. The molecule has 1 aliphatic heterocycles. The SMILES string of the molecule is Cc1cccnc1-c1nc(C(C)N2CCNCC2)no1. The molecule has 20 heavy (non-hydrogen) atoms. The third-order valence-electron chi connectivity index (χ3n) is 3.73. The summed E-state index contributed by atoms with van der Waals surface area (Å²) in [6.45, 7) is 8.14. The van der Waals surface area contributed by atoms with Crippen molar-refractivity contribution in [2.24, 2.45) is 0 Å². The first-order valence-corrected chi connectivity index (χ1v) is 6.96. The quantitative estimate of drug-likeness (QED) is 0.912.